The van der Waals surface area contributed by atoms with E-state index in [1.165, 1.54) is 25.4 Å². The molecule has 0 fully saturated rings. The Kier molecular flexibility index (Phi) is 7.48. The standard InChI is InChI=1S/C20H23N3O4S/c1-4-12-27-18-7-5-6-17(13-18)14-21-22-20(24)15-23(3)28(25,26)19-10-8-16(2)9-11-19/h4-11,13-14H,1,12,15H2,2-3H3,(H,22,24)/b21-14-. The molecule has 0 aromatic heterocycles. The number of aryl methyl sites for hydroxylation is 1. The Morgan fingerprint density at radius 1 is 1.25 bits per heavy atom. The number of hydrazone groups is 1. The van der Waals surface area contributed by atoms with Crippen molar-refractivity contribution >= 4 is 22.1 Å². The number of nitrogens with zero attached hydrogens (tertiary/aromatic N) is 2. The topological polar surface area (TPSA) is 88.1 Å². The molecule has 0 bridgehead atoms. The number of hydrogen-bond acceptors (Lipinski definition) is 5. The van der Waals surface area contributed by atoms with Gasteiger partial charge in [0.05, 0.1) is 17.7 Å². The summed E-state index contributed by atoms with van der Waals surface area (Å²) in [4.78, 5) is 12.1. The van der Waals surface area contributed by atoms with Gasteiger partial charge < -0.3 is 4.74 Å². The molecule has 0 radical (unpaired) electrons. The number of carbonyl (C=O) groups excluding carboxylic acids is 1. The molecule has 0 spiro atoms. The molecule has 2 rings (SSSR count). The molecule has 148 valence electrons. The van der Waals surface area contributed by atoms with Gasteiger partial charge in [-0.2, -0.15) is 9.41 Å². The normalized spacial score (nSPS) is 11.5. The van der Waals surface area contributed by atoms with E-state index >= 15 is 0 Å². The molecule has 0 aliphatic heterocycles. The van der Waals surface area contributed by atoms with Crippen LogP contribution < -0.4 is 10.2 Å². The second-order valence-electron chi connectivity index (χ2n) is 6.04. The van der Waals surface area contributed by atoms with Gasteiger partial charge >= 0.3 is 0 Å². The van der Waals surface area contributed by atoms with Crippen molar-refractivity contribution in [1.29, 1.82) is 0 Å². The lowest BCUT2D eigenvalue weighted by Crippen LogP contribution is -2.36. The monoisotopic (exact) mass is 401 g/mol. The van der Waals surface area contributed by atoms with Crippen molar-refractivity contribution in [1.82, 2.24) is 9.73 Å². The molecule has 0 aliphatic rings. The van der Waals surface area contributed by atoms with Gasteiger partial charge in [-0.05, 0) is 36.8 Å². The van der Waals surface area contributed by atoms with Crippen LogP contribution in [-0.4, -0.2) is 45.0 Å². The summed E-state index contributed by atoms with van der Waals surface area (Å²) in [6.45, 7) is 5.49. The van der Waals surface area contributed by atoms with Gasteiger partial charge in [0, 0.05) is 7.05 Å². The predicted octanol–water partition coefficient (Wildman–Crippen LogP) is 2.33. The summed E-state index contributed by atoms with van der Waals surface area (Å²) in [5.41, 5.74) is 4.00. The van der Waals surface area contributed by atoms with Crippen LogP contribution in [-0.2, 0) is 14.8 Å². The zero-order valence-electron chi connectivity index (χ0n) is 15.8. The van der Waals surface area contributed by atoms with E-state index in [4.69, 9.17) is 4.74 Å². The number of hydrogen-bond donors (Lipinski definition) is 1. The van der Waals surface area contributed by atoms with E-state index in [2.05, 4.69) is 17.1 Å². The van der Waals surface area contributed by atoms with Gasteiger partial charge in [-0.15, -0.1) is 0 Å². The summed E-state index contributed by atoms with van der Waals surface area (Å²) in [5.74, 6) is 0.104. The van der Waals surface area contributed by atoms with Gasteiger partial charge in [-0.3, -0.25) is 4.79 Å². The third kappa shape index (κ3) is 6.04. The lowest BCUT2D eigenvalue weighted by atomic mass is 10.2. The van der Waals surface area contributed by atoms with Crippen molar-refractivity contribution in [2.75, 3.05) is 20.2 Å². The van der Waals surface area contributed by atoms with E-state index in [1.807, 2.05) is 6.92 Å². The Bertz CT molecular complexity index is 954. The van der Waals surface area contributed by atoms with E-state index in [0.29, 0.717) is 12.4 Å². The highest BCUT2D eigenvalue weighted by Gasteiger charge is 2.22. The Morgan fingerprint density at radius 2 is 1.96 bits per heavy atom. The lowest BCUT2D eigenvalue weighted by Gasteiger charge is -2.16. The predicted molar refractivity (Wildman–Crippen MR) is 109 cm³/mol. The number of nitrogens with one attached hydrogen (secondary N) is 1. The van der Waals surface area contributed by atoms with Crippen molar-refractivity contribution in [2.45, 2.75) is 11.8 Å². The van der Waals surface area contributed by atoms with Crippen LogP contribution in [0, 0.1) is 6.92 Å². The van der Waals surface area contributed by atoms with Crippen LogP contribution >= 0.6 is 0 Å². The third-order valence-corrected chi connectivity index (χ3v) is 5.54. The summed E-state index contributed by atoms with van der Waals surface area (Å²) >= 11 is 0. The second-order valence-corrected chi connectivity index (χ2v) is 8.08. The number of carbonyl (C=O) groups is 1. The average Bonchev–Trinajstić information content (AvgIpc) is 2.67. The van der Waals surface area contributed by atoms with Crippen LogP contribution in [0.1, 0.15) is 11.1 Å². The van der Waals surface area contributed by atoms with Crippen LogP contribution in [0.2, 0.25) is 0 Å². The molecule has 0 aliphatic carbocycles. The van der Waals surface area contributed by atoms with E-state index in [9.17, 15) is 13.2 Å². The maximum atomic E-state index is 12.5. The van der Waals surface area contributed by atoms with E-state index in [1.54, 1.807) is 42.5 Å². The maximum Gasteiger partial charge on any atom is 0.255 e. The average molecular weight is 401 g/mol. The zero-order chi connectivity index (χ0) is 20.6. The first-order chi connectivity index (χ1) is 13.3. The molecule has 0 unspecified atom stereocenters. The Morgan fingerprint density at radius 3 is 2.64 bits per heavy atom. The van der Waals surface area contributed by atoms with Gasteiger partial charge in [-0.25, -0.2) is 13.8 Å². The molecule has 8 heteroatoms. The molecule has 2 aromatic carbocycles. The highest BCUT2D eigenvalue weighted by atomic mass is 32.2. The molecule has 0 atom stereocenters. The molecule has 28 heavy (non-hydrogen) atoms. The van der Waals surface area contributed by atoms with Crippen LogP contribution in [0.3, 0.4) is 0 Å². The summed E-state index contributed by atoms with van der Waals surface area (Å²) < 4.78 is 31.4. The number of ether oxygens (including phenoxy) is 1. The van der Waals surface area contributed by atoms with Gasteiger partial charge in [0.15, 0.2) is 0 Å². The van der Waals surface area contributed by atoms with Crippen molar-refractivity contribution in [3.05, 3.63) is 72.3 Å². The Balaban J connectivity index is 1.93. The maximum absolute atomic E-state index is 12.5. The molecule has 0 saturated carbocycles. The van der Waals surface area contributed by atoms with Crippen molar-refractivity contribution in [2.24, 2.45) is 5.10 Å². The molecule has 0 saturated heterocycles. The van der Waals surface area contributed by atoms with E-state index < -0.39 is 15.9 Å². The first kappa shape index (κ1) is 21.3. The number of sulfonamides is 1. The largest absolute Gasteiger partial charge is 0.490 e. The van der Waals surface area contributed by atoms with Gasteiger partial charge in [0.1, 0.15) is 12.4 Å². The number of benzene rings is 2. The first-order valence-electron chi connectivity index (χ1n) is 8.51. The molecular weight excluding hydrogens is 378 g/mol. The molecule has 2 aromatic rings. The van der Waals surface area contributed by atoms with E-state index in [-0.39, 0.29) is 11.4 Å². The SMILES string of the molecule is C=CCOc1cccc(/C=N\NC(=O)CN(C)S(=O)(=O)c2ccc(C)cc2)c1. The highest BCUT2D eigenvalue weighted by Crippen LogP contribution is 2.15. The Labute approximate surface area is 165 Å². The number of amides is 1. The molecule has 0 heterocycles. The molecular formula is C20H23N3O4S. The van der Waals surface area contributed by atoms with Crippen molar-refractivity contribution in [3.8, 4) is 5.75 Å². The zero-order valence-corrected chi connectivity index (χ0v) is 16.6. The lowest BCUT2D eigenvalue weighted by molar-refractivity contribution is -0.121. The fourth-order valence-corrected chi connectivity index (χ4v) is 3.36. The van der Waals surface area contributed by atoms with Gasteiger partial charge in [-0.1, -0.05) is 42.5 Å². The smallest absolute Gasteiger partial charge is 0.255 e. The molecule has 1 N–H and O–H groups in total. The second kappa shape index (κ2) is 9.82. The third-order valence-electron chi connectivity index (χ3n) is 3.72. The van der Waals surface area contributed by atoms with Gasteiger partial charge in [0.25, 0.3) is 5.91 Å². The van der Waals surface area contributed by atoms with E-state index in [0.717, 1.165) is 15.4 Å². The molecule has 1 amide bonds. The van der Waals surface area contributed by atoms with Gasteiger partial charge in [0.2, 0.25) is 10.0 Å². The van der Waals surface area contributed by atoms with Crippen LogP contribution in [0.5, 0.6) is 5.75 Å². The molecule has 7 nitrogen and oxygen atoms in total. The van der Waals surface area contributed by atoms with Crippen LogP contribution in [0.15, 0.2) is 71.2 Å². The summed E-state index contributed by atoms with van der Waals surface area (Å²) in [6.07, 6.45) is 3.09. The summed E-state index contributed by atoms with van der Waals surface area (Å²) in [6, 6.07) is 13.6. The fraction of sp³-hybridized carbons (Fsp3) is 0.200. The highest BCUT2D eigenvalue weighted by molar-refractivity contribution is 7.89. The van der Waals surface area contributed by atoms with Crippen LogP contribution in [0.4, 0.5) is 0 Å². The fourth-order valence-electron chi connectivity index (χ4n) is 2.23. The van der Waals surface area contributed by atoms with Crippen molar-refractivity contribution in [3.63, 3.8) is 0 Å². The number of rotatable bonds is 9. The van der Waals surface area contributed by atoms with Crippen LogP contribution in [0.25, 0.3) is 0 Å². The quantitative estimate of drug-likeness (QED) is 0.397. The van der Waals surface area contributed by atoms with Crippen molar-refractivity contribution < 1.29 is 17.9 Å². The first-order valence-corrected chi connectivity index (χ1v) is 9.95. The minimum absolute atomic E-state index is 0.133. The Hall–Kier alpha value is -2.97. The summed E-state index contributed by atoms with van der Waals surface area (Å²) in [5, 5.41) is 3.86. The minimum Gasteiger partial charge on any atom is -0.490 e. The number of likely N-dealkylation sites (N-methyl/N-ethyl adjacent to an activating group) is 1. The summed E-state index contributed by atoms with van der Waals surface area (Å²) in [7, 11) is -2.40. The minimum atomic E-state index is -3.75.